The number of carbonyl (C=O) groups excluding carboxylic acids is 4. The van der Waals surface area contributed by atoms with E-state index in [9.17, 15) is 39.6 Å². The molecule has 4 N–H and O–H groups in total. The van der Waals surface area contributed by atoms with E-state index in [1.807, 2.05) is 0 Å². The van der Waals surface area contributed by atoms with Crippen LogP contribution in [-0.2, 0) is 45.4 Å². The van der Waals surface area contributed by atoms with Gasteiger partial charge in [0, 0.05) is 0 Å². The van der Waals surface area contributed by atoms with Crippen molar-refractivity contribution in [3.8, 4) is 46.0 Å². The van der Waals surface area contributed by atoms with Crippen LogP contribution in [0.2, 0.25) is 0 Å². The number of carbonyl (C=O) groups is 4. The molecule has 8 rings (SSSR count). The van der Waals surface area contributed by atoms with Gasteiger partial charge >= 0.3 is 42.7 Å². The van der Waals surface area contributed by atoms with Crippen molar-refractivity contribution >= 4 is 41.2 Å². The molecule has 8 aromatic carbocycles. The third kappa shape index (κ3) is 22.7. The van der Waals surface area contributed by atoms with Gasteiger partial charge in [0.15, 0.2) is 17.4 Å². The predicted octanol–water partition coefficient (Wildman–Crippen LogP) is 5.63. The van der Waals surface area contributed by atoms with E-state index in [0.717, 1.165) is 22.3 Å². The Balaban J connectivity index is 0.000000389. The first kappa shape index (κ1) is 73.7. The number of hydrogen-bond acceptors (Lipinski definition) is 20. The van der Waals surface area contributed by atoms with Crippen molar-refractivity contribution < 1.29 is 117 Å². The van der Waals surface area contributed by atoms with Crippen LogP contribution < -0.4 is 56.8 Å². The Morgan fingerprint density at radius 1 is 0.272 bits per heavy atom. The third-order valence-electron chi connectivity index (χ3n) is 13.9. The summed E-state index contributed by atoms with van der Waals surface area (Å²) in [7, 11) is 5.21. The fourth-order valence-corrected chi connectivity index (χ4v) is 8.38. The van der Waals surface area contributed by atoms with Gasteiger partial charge in [0.2, 0.25) is 0 Å². The topological polar surface area (TPSA) is 260 Å². The third-order valence-corrected chi connectivity index (χ3v) is 13.9. The van der Waals surface area contributed by atoms with E-state index in [-0.39, 0.29) is 117 Å². The van der Waals surface area contributed by atoms with Gasteiger partial charge in [-0.3, -0.25) is 0 Å². The zero-order valence-corrected chi connectivity index (χ0v) is 51.3. The Hall–Kier alpha value is -8.99. The number of esters is 4. The van der Waals surface area contributed by atoms with E-state index < -0.39 is 34.7 Å². The zero-order chi connectivity index (χ0) is 64.1. The fourth-order valence-electron chi connectivity index (χ4n) is 8.38. The van der Waals surface area contributed by atoms with Crippen LogP contribution in [0.1, 0.15) is 65.1 Å². The number of ether oxygens (including phenoxy) is 12. The molecular weight excluding hydrogens is 1190 g/mol. The van der Waals surface area contributed by atoms with Crippen LogP contribution in [0.5, 0.6) is 46.0 Å². The Bertz CT molecular complexity index is 3020. The minimum Gasteiger partial charge on any atom is -1.00 e. The molecule has 0 spiro atoms. The molecule has 0 atom stereocenters. The average Bonchev–Trinajstić information content (AvgIpc) is 1.05. The zero-order valence-electron chi connectivity index (χ0n) is 52.3. The number of rotatable bonds is 32. The summed E-state index contributed by atoms with van der Waals surface area (Å²) in [5, 5.41) is 37.6. The summed E-state index contributed by atoms with van der Waals surface area (Å²) in [4.78, 5) is 47.8. The van der Waals surface area contributed by atoms with Crippen molar-refractivity contribution in [1.29, 1.82) is 0 Å². The molecule has 22 heteroatoms. The van der Waals surface area contributed by atoms with Crippen molar-refractivity contribution in [2.45, 2.75) is 26.4 Å². The standard InChI is InChI=1S/C37H36O12.C33H36O8.Al.Li.4H/c1-42-33(38)25-5-13-29(14-6-25)46-21-37(22-47-30-15-7-26(8-16-30)34(39)43-2,23-48-31-17-9-27(10-18-31)35(40)44-3)24-49-32-19-11-28(12-20-32)36(41)45-4;34-17-25-1-9-29(10-2-25)38-21-33(22-39-30-11-3-26(18-35)4-12-30,23-40-31-13-5-27(19-36)6-14-31)24-41-32-15-7-28(20-37)8-16-32;;;;;;/h5-20H,21-24H2,1-4H3;1-16,34-37H,17-24H2;;;;;;/q;;;+1;;;;-1. The van der Waals surface area contributed by atoms with Crippen molar-refractivity contribution in [2.75, 3.05) is 81.3 Å². The van der Waals surface area contributed by atoms with Gasteiger partial charge in [-0.05, 0) is 168 Å². The molecule has 0 aliphatic carbocycles. The molecule has 0 aliphatic rings. The van der Waals surface area contributed by atoms with Crippen LogP contribution in [0, 0.1) is 10.8 Å². The summed E-state index contributed by atoms with van der Waals surface area (Å²) in [6.45, 7) is 0.587. The van der Waals surface area contributed by atoms with Gasteiger partial charge in [0.25, 0.3) is 0 Å². The molecule has 0 unspecified atom stereocenters. The molecule has 0 fully saturated rings. The maximum Gasteiger partial charge on any atom is 1.00 e. The maximum atomic E-state index is 11.9. The van der Waals surface area contributed by atoms with E-state index in [4.69, 9.17) is 56.8 Å². The SMILES string of the molecule is COC(=O)c1ccc(OCC(COc2ccc(C(=O)OC)cc2)(COc2ccc(C(=O)OC)cc2)COc2ccc(C(=O)OC)cc2)cc1.OCc1ccc(OCC(COc2ccc(CO)cc2)(COc2ccc(CO)cc2)COc2ccc(CO)cc2)cc1.[AlH3].[H-].[Li+]. The first-order valence-electron chi connectivity index (χ1n) is 28.3. The van der Waals surface area contributed by atoms with Crippen molar-refractivity contribution in [3.05, 3.63) is 239 Å². The molecule has 20 nitrogen and oxygen atoms in total. The number of hydrogen-bond donors (Lipinski definition) is 4. The second-order valence-corrected chi connectivity index (χ2v) is 20.6. The van der Waals surface area contributed by atoms with E-state index in [2.05, 4.69) is 0 Å². The molecule has 8 aromatic rings. The van der Waals surface area contributed by atoms with Gasteiger partial charge in [0.1, 0.15) is 110 Å². The average molecular weight is 1270 g/mol. The van der Waals surface area contributed by atoms with E-state index in [0.29, 0.717) is 68.2 Å². The van der Waals surface area contributed by atoms with E-state index in [1.165, 1.54) is 28.4 Å². The van der Waals surface area contributed by atoms with E-state index in [1.54, 1.807) is 194 Å². The Morgan fingerprint density at radius 2 is 0.402 bits per heavy atom. The van der Waals surface area contributed by atoms with Gasteiger partial charge in [-0.15, -0.1) is 0 Å². The van der Waals surface area contributed by atoms with Crippen LogP contribution in [0.25, 0.3) is 0 Å². The van der Waals surface area contributed by atoms with Crippen LogP contribution in [0.3, 0.4) is 0 Å². The van der Waals surface area contributed by atoms with Crippen molar-refractivity contribution in [2.24, 2.45) is 10.8 Å². The molecule has 480 valence electrons. The van der Waals surface area contributed by atoms with Crippen molar-refractivity contribution in [1.82, 2.24) is 0 Å². The smallest absolute Gasteiger partial charge is 1.00 e. The minimum absolute atomic E-state index is 0. The summed E-state index contributed by atoms with van der Waals surface area (Å²) in [6.07, 6.45) is 0. The quantitative estimate of drug-likeness (QED) is 0.0226. The summed E-state index contributed by atoms with van der Waals surface area (Å²) >= 11 is 0. The Morgan fingerprint density at radius 3 is 0.522 bits per heavy atom. The summed E-state index contributed by atoms with van der Waals surface area (Å²) in [5.41, 5.74) is 2.76. The number of aliphatic hydroxyl groups is 4. The molecule has 0 amide bonds. The normalized spacial score (nSPS) is 10.7. The summed E-state index contributed by atoms with van der Waals surface area (Å²) in [6, 6.07) is 54.6. The van der Waals surface area contributed by atoms with Gasteiger partial charge in [0.05, 0.1) is 77.1 Å². The largest absolute Gasteiger partial charge is 1.00 e. The molecule has 92 heavy (non-hydrogen) atoms. The maximum absolute atomic E-state index is 11.9. The van der Waals surface area contributed by atoms with Crippen molar-refractivity contribution in [3.63, 3.8) is 0 Å². The number of methoxy groups -OCH3 is 4. The molecule has 0 aliphatic heterocycles. The molecule has 0 bridgehead atoms. The Labute approximate surface area is 558 Å². The molecule has 0 saturated carbocycles. The second-order valence-electron chi connectivity index (χ2n) is 20.6. The van der Waals surface area contributed by atoms with Crippen LogP contribution in [0.4, 0.5) is 0 Å². The first-order chi connectivity index (χ1) is 43.7. The predicted molar refractivity (Wildman–Crippen MR) is 340 cm³/mol. The molecular formula is C70H76AlLiO20. The first-order valence-corrected chi connectivity index (χ1v) is 28.3. The van der Waals surface area contributed by atoms with Gasteiger partial charge in [-0.2, -0.15) is 0 Å². The van der Waals surface area contributed by atoms with Crippen LogP contribution in [-0.4, -0.2) is 143 Å². The monoisotopic (exact) mass is 1270 g/mol. The van der Waals surface area contributed by atoms with Crippen LogP contribution in [0.15, 0.2) is 194 Å². The van der Waals surface area contributed by atoms with Gasteiger partial charge in [-0.1, -0.05) is 48.5 Å². The van der Waals surface area contributed by atoms with Gasteiger partial charge < -0.3 is 78.7 Å². The van der Waals surface area contributed by atoms with Gasteiger partial charge in [-0.25, -0.2) is 19.2 Å². The van der Waals surface area contributed by atoms with E-state index >= 15 is 0 Å². The summed E-state index contributed by atoms with van der Waals surface area (Å²) in [5.74, 6) is 2.42. The second kappa shape index (κ2) is 38.0. The van der Waals surface area contributed by atoms with Crippen LogP contribution >= 0.6 is 0 Å². The summed E-state index contributed by atoms with van der Waals surface area (Å²) < 4.78 is 68.9. The molecule has 0 radical (unpaired) electrons. The fraction of sp³-hybridized carbons (Fsp3) is 0.257. The minimum atomic E-state index is -0.996. The molecule has 0 saturated heterocycles. The Kier molecular flexibility index (Phi) is 30.5. The molecule has 0 aromatic heterocycles. The number of benzene rings is 8. The molecule has 0 heterocycles. The number of aliphatic hydroxyl groups excluding tert-OH is 4.